The summed E-state index contributed by atoms with van der Waals surface area (Å²) in [5, 5.41) is 20.2. The summed E-state index contributed by atoms with van der Waals surface area (Å²) in [5.41, 5.74) is 2.39. The maximum atomic E-state index is 12.7. The van der Waals surface area contributed by atoms with Crippen LogP contribution in [-0.4, -0.2) is 40.0 Å². The van der Waals surface area contributed by atoms with Crippen molar-refractivity contribution >= 4 is 17.4 Å². The lowest BCUT2D eigenvalue weighted by Crippen LogP contribution is -2.32. The van der Waals surface area contributed by atoms with Crippen LogP contribution in [0.25, 0.3) is 5.76 Å². The zero-order valence-electron chi connectivity index (χ0n) is 15.4. The van der Waals surface area contributed by atoms with E-state index in [4.69, 9.17) is 0 Å². The number of carbonyl (C=O) groups excluding carboxylic acids is 2. The minimum atomic E-state index is -0.734. The standard InChI is InChI=1S/C22H23NO4/c1-14(2)15-8-10-16(11-9-15)19-18(20(25)17-6-4-3-5-7-17)21(26)22(27)23(19)12-13-24/h3-11,14,19,24-25H,12-13H2,1-2H3/b20-18+. The Hall–Kier alpha value is -2.92. The number of amides is 1. The Kier molecular flexibility index (Phi) is 5.42. The summed E-state index contributed by atoms with van der Waals surface area (Å²) in [5.74, 6) is -1.29. The number of rotatable bonds is 5. The zero-order chi connectivity index (χ0) is 19.6. The number of benzene rings is 2. The highest BCUT2D eigenvalue weighted by molar-refractivity contribution is 6.46. The molecule has 2 aromatic rings. The molecule has 0 radical (unpaired) electrons. The molecule has 0 spiro atoms. The quantitative estimate of drug-likeness (QED) is 0.484. The molecular weight excluding hydrogens is 342 g/mol. The second-order valence-corrected chi connectivity index (χ2v) is 6.90. The van der Waals surface area contributed by atoms with E-state index in [0.29, 0.717) is 11.5 Å². The molecule has 5 heteroatoms. The molecule has 140 valence electrons. The number of Topliss-reactive ketones (excluding diaryl/α,β-unsaturated/α-hetero) is 1. The van der Waals surface area contributed by atoms with E-state index in [-0.39, 0.29) is 24.5 Å². The Morgan fingerprint density at radius 2 is 1.67 bits per heavy atom. The van der Waals surface area contributed by atoms with Crippen molar-refractivity contribution in [1.29, 1.82) is 0 Å². The van der Waals surface area contributed by atoms with Crippen molar-refractivity contribution in [3.63, 3.8) is 0 Å². The molecule has 2 N–H and O–H groups in total. The fourth-order valence-corrected chi connectivity index (χ4v) is 3.38. The summed E-state index contributed by atoms with van der Waals surface area (Å²) in [6.45, 7) is 3.93. The van der Waals surface area contributed by atoms with Crippen LogP contribution in [0, 0.1) is 0 Å². The minimum Gasteiger partial charge on any atom is -0.507 e. The Morgan fingerprint density at radius 1 is 1.04 bits per heavy atom. The van der Waals surface area contributed by atoms with E-state index in [1.807, 2.05) is 30.3 Å². The third kappa shape index (κ3) is 3.51. The minimum absolute atomic E-state index is 0.0206. The molecule has 1 atom stereocenters. The number of β-amino-alcohol motifs (C(OH)–C–C–N with tert-alkyl or cyclic N) is 1. The van der Waals surface area contributed by atoms with Crippen LogP contribution in [0.4, 0.5) is 0 Å². The largest absolute Gasteiger partial charge is 0.507 e. The normalized spacial score (nSPS) is 19.1. The van der Waals surface area contributed by atoms with Gasteiger partial charge in [-0.25, -0.2) is 0 Å². The maximum absolute atomic E-state index is 12.7. The molecule has 0 aromatic heterocycles. The van der Waals surface area contributed by atoms with Gasteiger partial charge in [0.2, 0.25) is 0 Å². The smallest absolute Gasteiger partial charge is 0.295 e. The number of aliphatic hydroxyl groups is 2. The molecule has 0 bridgehead atoms. The van der Waals surface area contributed by atoms with Crippen LogP contribution in [0.1, 0.15) is 42.5 Å². The molecule has 2 aromatic carbocycles. The Labute approximate surface area is 158 Å². The van der Waals surface area contributed by atoms with Crippen molar-refractivity contribution in [2.75, 3.05) is 13.2 Å². The summed E-state index contributed by atoms with van der Waals surface area (Å²) >= 11 is 0. The molecule has 3 rings (SSSR count). The monoisotopic (exact) mass is 365 g/mol. The van der Waals surface area contributed by atoms with Crippen LogP contribution < -0.4 is 0 Å². The highest BCUT2D eigenvalue weighted by Gasteiger charge is 2.45. The number of carbonyl (C=O) groups is 2. The second kappa shape index (κ2) is 7.76. The fraction of sp³-hybridized carbons (Fsp3) is 0.273. The van der Waals surface area contributed by atoms with Gasteiger partial charge < -0.3 is 15.1 Å². The Morgan fingerprint density at radius 3 is 2.22 bits per heavy atom. The molecule has 1 aliphatic heterocycles. The van der Waals surface area contributed by atoms with E-state index in [9.17, 15) is 19.8 Å². The van der Waals surface area contributed by atoms with Gasteiger partial charge in [-0.05, 0) is 17.0 Å². The summed E-state index contributed by atoms with van der Waals surface area (Å²) in [6.07, 6.45) is 0. The van der Waals surface area contributed by atoms with Crippen LogP contribution in [0.3, 0.4) is 0 Å². The molecule has 27 heavy (non-hydrogen) atoms. The molecule has 1 aliphatic rings. The van der Waals surface area contributed by atoms with Gasteiger partial charge in [0.1, 0.15) is 5.76 Å². The Bertz CT molecular complexity index is 869. The molecular formula is C22H23NO4. The van der Waals surface area contributed by atoms with Crippen LogP contribution in [0.15, 0.2) is 60.2 Å². The van der Waals surface area contributed by atoms with E-state index in [0.717, 1.165) is 11.1 Å². The van der Waals surface area contributed by atoms with Gasteiger partial charge >= 0.3 is 0 Å². The van der Waals surface area contributed by atoms with Gasteiger partial charge in [0.15, 0.2) is 0 Å². The number of aliphatic hydroxyl groups excluding tert-OH is 2. The van der Waals surface area contributed by atoms with Crippen LogP contribution in [0.2, 0.25) is 0 Å². The van der Waals surface area contributed by atoms with E-state index in [1.165, 1.54) is 4.90 Å². The lowest BCUT2D eigenvalue weighted by molar-refractivity contribution is -0.140. The molecule has 0 aliphatic carbocycles. The van der Waals surface area contributed by atoms with Crippen molar-refractivity contribution in [3.05, 3.63) is 76.9 Å². The van der Waals surface area contributed by atoms with E-state index in [2.05, 4.69) is 13.8 Å². The van der Waals surface area contributed by atoms with Crippen molar-refractivity contribution in [3.8, 4) is 0 Å². The number of hydrogen-bond donors (Lipinski definition) is 2. The third-order valence-corrected chi connectivity index (χ3v) is 4.85. The van der Waals surface area contributed by atoms with Crippen molar-refractivity contribution < 1.29 is 19.8 Å². The van der Waals surface area contributed by atoms with Gasteiger partial charge in [0.25, 0.3) is 11.7 Å². The molecule has 1 unspecified atom stereocenters. The van der Waals surface area contributed by atoms with Crippen molar-refractivity contribution in [2.45, 2.75) is 25.8 Å². The summed E-state index contributed by atoms with van der Waals surface area (Å²) in [4.78, 5) is 26.5. The summed E-state index contributed by atoms with van der Waals surface area (Å²) in [6, 6.07) is 15.6. The SMILES string of the molecule is CC(C)c1ccc(C2/C(=C(\O)c3ccccc3)C(=O)C(=O)N2CCO)cc1. The molecule has 1 amide bonds. The first-order chi connectivity index (χ1) is 13.0. The van der Waals surface area contributed by atoms with Gasteiger partial charge in [-0.15, -0.1) is 0 Å². The topological polar surface area (TPSA) is 77.8 Å². The summed E-state index contributed by atoms with van der Waals surface area (Å²) in [7, 11) is 0. The van der Waals surface area contributed by atoms with E-state index < -0.39 is 17.7 Å². The number of ketones is 1. The van der Waals surface area contributed by atoms with Gasteiger partial charge in [0, 0.05) is 12.1 Å². The van der Waals surface area contributed by atoms with Gasteiger partial charge in [-0.2, -0.15) is 0 Å². The molecule has 5 nitrogen and oxygen atoms in total. The molecule has 0 saturated carbocycles. The number of likely N-dealkylation sites (tertiary alicyclic amines) is 1. The predicted octanol–water partition coefficient (Wildman–Crippen LogP) is 3.22. The van der Waals surface area contributed by atoms with Crippen LogP contribution >= 0.6 is 0 Å². The lowest BCUT2D eigenvalue weighted by atomic mass is 9.93. The average Bonchev–Trinajstić information content (AvgIpc) is 2.93. The number of nitrogens with zero attached hydrogens (tertiary/aromatic N) is 1. The van der Waals surface area contributed by atoms with Crippen LogP contribution in [-0.2, 0) is 9.59 Å². The average molecular weight is 365 g/mol. The predicted molar refractivity (Wildman–Crippen MR) is 103 cm³/mol. The lowest BCUT2D eigenvalue weighted by Gasteiger charge is -2.25. The van der Waals surface area contributed by atoms with Gasteiger partial charge in [-0.3, -0.25) is 9.59 Å². The Balaban J connectivity index is 2.14. The third-order valence-electron chi connectivity index (χ3n) is 4.85. The molecule has 1 heterocycles. The fourth-order valence-electron chi connectivity index (χ4n) is 3.38. The first-order valence-electron chi connectivity index (χ1n) is 9.00. The molecule has 1 fully saturated rings. The van der Waals surface area contributed by atoms with Crippen molar-refractivity contribution in [1.82, 2.24) is 4.90 Å². The first-order valence-corrected chi connectivity index (χ1v) is 9.00. The second-order valence-electron chi connectivity index (χ2n) is 6.90. The maximum Gasteiger partial charge on any atom is 0.295 e. The van der Waals surface area contributed by atoms with Crippen molar-refractivity contribution in [2.24, 2.45) is 0 Å². The van der Waals surface area contributed by atoms with Crippen LogP contribution in [0.5, 0.6) is 0 Å². The summed E-state index contributed by atoms with van der Waals surface area (Å²) < 4.78 is 0. The van der Waals surface area contributed by atoms with Gasteiger partial charge in [-0.1, -0.05) is 68.4 Å². The van der Waals surface area contributed by atoms with E-state index in [1.54, 1.807) is 24.3 Å². The van der Waals surface area contributed by atoms with E-state index >= 15 is 0 Å². The highest BCUT2D eigenvalue weighted by atomic mass is 16.3. The highest BCUT2D eigenvalue weighted by Crippen LogP contribution is 2.39. The first kappa shape index (κ1) is 18.9. The molecule has 1 saturated heterocycles. The van der Waals surface area contributed by atoms with Gasteiger partial charge in [0.05, 0.1) is 18.2 Å². The zero-order valence-corrected chi connectivity index (χ0v) is 15.4. The number of hydrogen-bond acceptors (Lipinski definition) is 4.